The van der Waals surface area contributed by atoms with Crippen LogP contribution in [0.3, 0.4) is 0 Å². The van der Waals surface area contributed by atoms with Crippen molar-refractivity contribution in [3.63, 3.8) is 0 Å². The van der Waals surface area contributed by atoms with Gasteiger partial charge in [0.05, 0.1) is 0 Å². The molecule has 0 aromatic carbocycles. The van der Waals surface area contributed by atoms with Crippen LogP contribution >= 0.6 is 11.8 Å². The lowest BCUT2D eigenvalue weighted by atomic mass is 10.0. The molecule has 1 aromatic heterocycles. The molecule has 0 spiro atoms. The van der Waals surface area contributed by atoms with Gasteiger partial charge in [-0.3, -0.25) is 0 Å². The molecule has 112 valence electrons. The first-order valence-corrected chi connectivity index (χ1v) is 8.59. The Balaban J connectivity index is 2.00. The van der Waals surface area contributed by atoms with E-state index in [0.717, 1.165) is 37.2 Å². The minimum absolute atomic E-state index is 0.213. The minimum atomic E-state index is 0.213. The summed E-state index contributed by atoms with van der Waals surface area (Å²) < 4.78 is 0.213. The molecule has 4 nitrogen and oxygen atoms in total. The van der Waals surface area contributed by atoms with Crippen molar-refractivity contribution in [3.8, 4) is 0 Å². The van der Waals surface area contributed by atoms with E-state index in [1.54, 1.807) is 6.33 Å². The predicted octanol–water partition coefficient (Wildman–Crippen LogP) is 3.27. The van der Waals surface area contributed by atoms with Gasteiger partial charge in [-0.2, -0.15) is 11.8 Å². The molecule has 1 N–H and O–H groups in total. The highest BCUT2D eigenvalue weighted by Crippen LogP contribution is 2.24. The summed E-state index contributed by atoms with van der Waals surface area (Å²) in [5, 5.41) is 3.43. The molecule has 0 saturated carbocycles. The number of piperidine rings is 1. The Kier molecular flexibility index (Phi) is 5.13. The van der Waals surface area contributed by atoms with Gasteiger partial charge < -0.3 is 10.2 Å². The number of thioether (sulfide) groups is 1. The number of nitrogens with one attached hydrogen (secondary N) is 1. The lowest BCUT2D eigenvalue weighted by Crippen LogP contribution is -2.35. The van der Waals surface area contributed by atoms with E-state index in [1.807, 2.05) is 11.8 Å². The molecular weight excluding hydrogens is 268 g/mol. The van der Waals surface area contributed by atoms with Crippen molar-refractivity contribution in [1.29, 1.82) is 0 Å². The van der Waals surface area contributed by atoms with Gasteiger partial charge in [0.2, 0.25) is 0 Å². The summed E-state index contributed by atoms with van der Waals surface area (Å²) in [7, 11) is 0. The van der Waals surface area contributed by atoms with Crippen LogP contribution in [0.1, 0.15) is 33.6 Å². The third kappa shape index (κ3) is 4.27. The van der Waals surface area contributed by atoms with E-state index in [1.165, 1.54) is 12.8 Å². The van der Waals surface area contributed by atoms with Gasteiger partial charge in [0, 0.05) is 30.4 Å². The van der Waals surface area contributed by atoms with Gasteiger partial charge in [0.25, 0.3) is 0 Å². The summed E-state index contributed by atoms with van der Waals surface area (Å²) in [5.74, 6) is 2.73. The molecule has 1 atom stereocenters. The molecule has 5 heteroatoms. The SMILES string of the molecule is CSC(C)(C)CNc1cc(N2CCCC(C)C2)ncn1. The van der Waals surface area contributed by atoms with Crippen LogP contribution in [0, 0.1) is 5.92 Å². The lowest BCUT2D eigenvalue weighted by molar-refractivity contribution is 0.444. The Hall–Kier alpha value is -0.970. The summed E-state index contributed by atoms with van der Waals surface area (Å²) in [5.41, 5.74) is 0. The van der Waals surface area contributed by atoms with E-state index in [-0.39, 0.29) is 4.75 Å². The number of nitrogens with zero attached hydrogens (tertiary/aromatic N) is 3. The number of hydrogen-bond acceptors (Lipinski definition) is 5. The van der Waals surface area contributed by atoms with Crippen LogP contribution in [0.4, 0.5) is 11.6 Å². The van der Waals surface area contributed by atoms with Crippen molar-refractivity contribution < 1.29 is 0 Å². The maximum atomic E-state index is 4.43. The fraction of sp³-hybridized carbons (Fsp3) is 0.733. The fourth-order valence-electron chi connectivity index (χ4n) is 2.39. The maximum absolute atomic E-state index is 4.43. The van der Waals surface area contributed by atoms with Gasteiger partial charge in [-0.1, -0.05) is 6.92 Å². The van der Waals surface area contributed by atoms with Crippen LogP contribution < -0.4 is 10.2 Å². The Labute approximate surface area is 126 Å². The van der Waals surface area contributed by atoms with Crippen LogP contribution in [0.15, 0.2) is 12.4 Å². The molecule has 1 aliphatic rings. The number of rotatable bonds is 5. The van der Waals surface area contributed by atoms with Crippen molar-refractivity contribution in [2.24, 2.45) is 5.92 Å². The topological polar surface area (TPSA) is 41.0 Å². The van der Waals surface area contributed by atoms with Gasteiger partial charge in [-0.05, 0) is 38.9 Å². The van der Waals surface area contributed by atoms with E-state index in [9.17, 15) is 0 Å². The zero-order chi connectivity index (χ0) is 14.6. The first kappa shape index (κ1) is 15.4. The Morgan fingerprint density at radius 3 is 2.95 bits per heavy atom. The van der Waals surface area contributed by atoms with Crippen molar-refractivity contribution in [3.05, 3.63) is 12.4 Å². The first-order chi connectivity index (χ1) is 9.50. The normalized spacial score (nSPS) is 20.0. The van der Waals surface area contributed by atoms with Crippen LogP contribution in [-0.4, -0.2) is 40.6 Å². The molecule has 1 saturated heterocycles. The predicted molar refractivity (Wildman–Crippen MR) is 88.7 cm³/mol. The molecule has 0 bridgehead atoms. The Morgan fingerprint density at radius 1 is 1.45 bits per heavy atom. The molecule has 0 radical (unpaired) electrons. The molecular formula is C15H26N4S. The fourth-order valence-corrected chi connectivity index (χ4v) is 2.61. The number of hydrogen-bond donors (Lipinski definition) is 1. The van der Waals surface area contributed by atoms with Gasteiger partial charge in [-0.15, -0.1) is 0 Å². The van der Waals surface area contributed by atoms with E-state index in [0.29, 0.717) is 0 Å². The third-order valence-electron chi connectivity index (χ3n) is 3.88. The van der Waals surface area contributed by atoms with Crippen molar-refractivity contribution in [2.45, 2.75) is 38.4 Å². The average Bonchev–Trinajstić information content (AvgIpc) is 2.46. The second-order valence-corrected chi connectivity index (χ2v) is 7.79. The van der Waals surface area contributed by atoms with Crippen molar-refractivity contribution in [2.75, 3.05) is 36.1 Å². The largest absolute Gasteiger partial charge is 0.369 e. The summed E-state index contributed by atoms with van der Waals surface area (Å²) in [6.45, 7) is 9.90. The smallest absolute Gasteiger partial charge is 0.134 e. The highest BCUT2D eigenvalue weighted by atomic mass is 32.2. The standard InChI is InChI=1S/C15H26N4S/c1-12-6-5-7-19(9-12)14-8-13(17-11-18-14)16-10-15(2,3)20-4/h8,11-12H,5-7,9-10H2,1-4H3,(H,16,17,18). The second kappa shape index (κ2) is 6.66. The van der Waals surface area contributed by atoms with Crippen LogP contribution in [-0.2, 0) is 0 Å². The van der Waals surface area contributed by atoms with Gasteiger partial charge >= 0.3 is 0 Å². The lowest BCUT2D eigenvalue weighted by Gasteiger charge is -2.32. The van der Waals surface area contributed by atoms with Gasteiger partial charge in [-0.25, -0.2) is 9.97 Å². The quantitative estimate of drug-likeness (QED) is 0.902. The van der Waals surface area contributed by atoms with Crippen molar-refractivity contribution in [1.82, 2.24) is 9.97 Å². The molecule has 1 unspecified atom stereocenters. The molecule has 0 aliphatic carbocycles. The monoisotopic (exact) mass is 294 g/mol. The van der Waals surface area contributed by atoms with Crippen molar-refractivity contribution >= 4 is 23.4 Å². The minimum Gasteiger partial charge on any atom is -0.369 e. The highest BCUT2D eigenvalue weighted by Gasteiger charge is 2.19. The number of aromatic nitrogens is 2. The molecule has 2 rings (SSSR count). The molecule has 1 aromatic rings. The van der Waals surface area contributed by atoms with Crippen LogP contribution in [0.2, 0.25) is 0 Å². The van der Waals surface area contributed by atoms with Crippen LogP contribution in [0.25, 0.3) is 0 Å². The molecule has 1 aliphatic heterocycles. The summed E-state index contributed by atoms with van der Waals surface area (Å²) in [6.07, 6.45) is 6.40. The summed E-state index contributed by atoms with van der Waals surface area (Å²) in [6, 6.07) is 2.08. The zero-order valence-electron chi connectivity index (χ0n) is 13.0. The highest BCUT2D eigenvalue weighted by molar-refractivity contribution is 7.99. The molecule has 2 heterocycles. The Morgan fingerprint density at radius 2 is 2.25 bits per heavy atom. The van der Waals surface area contributed by atoms with Crippen LogP contribution in [0.5, 0.6) is 0 Å². The van der Waals surface area contributed by atoms with Gasteiger partial charge in [0.1, 0.15) is 18.0 Å². The molecule has 20 heavy (non-hydrogen) atoms. The third-order valence-corrected chi connectivity index (χ3v) is 5.13. The van der Waals surface area contributed by atoms with Gasteiger partial charge in [0.15, 0.2) is 0 Å². The summed E-state index contributed by atoms with van der Waals surface area (Å²) >= 11 is 1.86. The van der Waals surface area contributed by atoms with E-state index >= 15 is 0 Å². The second-order valence-electron chi connectivity index (χ2n) is 6.27. The summed E-state index contributed by atoms with van der Waals surface area (Å²) in [4.78, 5) is 11.1. The van der Waals surface area contributed by atoms with E-state index < -0.39 is 0 Å². The van der Waals surface area contributed by atoms with E-state index in [4.69, 9.17) is 0 Å². The van der Waals surface area contributed by atoms with E-state index in [2.05, 4.69) is 53.3 Å². The number of anilines is 2. The first-order valence-electron chi connectivity index (χ1n) is 7.36. The molecule has 0 amide bonds. The maximum Gasteiger partial charge on any atom is 0.134 e. The Bertz CT molecular complexity index is 436. The average molecular weight is 294 g/mol. The molecule has 1 fully saturated rings. The zero-order valence-corrected chi connectivity index (χ0v) is 13.8.